The fourth-order valence-electron chi connectivity index (χ4n) is 4.79. The first-order valence-electron chi connectivity index (χ1n) is 13.2. The number of aryl methyl sites for hydroxylation is 2. The van der Waals surface area contributed by atoms with Crippen molar-refractivity contribution in [2.24, 2.45) is 0 Å². The van der Waals surface area contributed by atoms with Crippen molar-refractivity contribution in [1.29, 1.82) is 0 Å². The zero-order valence-electron chi connectivity index (χ0n) is 22.8. The molecular formula is C31H44O5. The summed E-state index contributed by atoms with van der Waals surface area (Å²) in [5.74, 6) is -0.224. The first-order chi connectivity index (χ1) is 17.0. The zero-order valence-corrected chi connectivity index (χ0v) is 22.8. The molecule has 2 aromatic carbocycles. The van der Waals surface area contributed by atoms with Crippen molar-refractivity contribution in [3.05, 3.63) is 70.3 Å². The predicted octanol–water partition coefficient (Wildman–Crippen LogP) is 6.58. The van der Waals surface area contributed by atoms with E-state index in [1.165, 1.54) is 16.7 Å². The second-order valence-corrected chi connectivity index (χ2v) is 9.88. The van der Waals surface area contributed by atoms with Crippen LogP contribution in [0.2, 0.25) is 0 Å². The summed E-state index contributed by atoms with van der Waals surface area (Å²) in [5.41, 5.74) is 4.84. The molecule has 0 radical (unpaired) electrons. The molecule has 0 aliphatic carbocycles. The number of carboxylic acid groups (broad SMARTS) is 1. The van der Waals surface area contributed by atoms with Gasteiger partial charge in [-0.15, -0.1) is 0 Å². The second-order valence-electron chi connectivity index (χ2n) is 9.88. The van der Waals surface area contributed by atoms with Crippen LogP contribution in [0.5, 0.6) is 5.75 Å². The van der Waals surface area contributed by atoms with Crippen LogP contribution in [0.15, 0.2) is 42.5 Å². The van der Waals surface area contributed by atoms with Gasteiger partial charge in [-0.05, 0) is 79.8 Å². The third-order valence-corrected chi connectivity index (χ3v) is 7.68. The third-order valence-electron chi connectivity index (χ3n) is 7.68. The summed E-state index contributed by atoms with van der Waals surface area (Å²) in [6.45, 7) is 12.6. The largest absolute Gasteiger partial charge is 0.491 e. The lowest BCUT2D eigenvalue weighted by Crippen LogP contribution is -2.26. The first kappa shape index (κ1) is 29.6. The number of hydrogen-bond donors (Lipinski definition) is 3. The minimum atomic E-state index is -0.923. The van der Waals surface area contributed by atoms with E-state index in [0.29, 0.717) is 18.6 Å². The van der Waals surface area contributed by atoms with Crippen molar-refractivity contribution in [2.75, 3.05) is 6.61 Å². The van der Waals surface area contributed by atoms with Gasteiger partial charge in [0.1, 0.15) is 12.4 Å². The summed E-state index contributed by atoms with van der Waals surface area (Å²) in [7, 11) is 0. The maximum atomic E-state index is 10.7. The zero-order chi connectivity index (χ0) is 26.9. The van der Waals surface area contributed by atoms with Gasteiger partial charge < -0.3 is 20.1 Å². The van der Waals surface area contributed by atoms with Crippen LogP contribution in [-0.2, 0) is 10.2 Å². The lowest BCUT2D eigenvalue weighted by atomic mass is 9.70. The molecule has 36 heavy (non-hydrogen) atoms. The average molecular weight is 497 g/mol. The maximum absolute atomic E-state index is 10.7. The topological polar surface area (TPSA) is 87.0 Å². The Balaban J connectivity index is 2.30. The van der Waals surface area contributed by atoms with Gasteiger partial charge in [-0.25, -0.2) is 0 Å². The van der Waals surface area contributed by atoms with E-state index >= 15 is 0 Å². The summed E-state index contributed by atoms with van der Waals surface area (Å²) >= 11 is 0. The van der Waals surface area contributed by atoms with Gasteiger partial charge in [-0.1, -0.05) is 70.2 Å². The van der Waals surface area contributed by atoms with E-state index in [2.05, 4.69) is 51.1 Å². The number of ether oxygens (including phenoxy) is 1. The number of benzene rings is 2. The summed E-state index contributed by atoms with van der Waals surface area (Å²) in [6.07, 6.45) is 6.49. The molecule has 0 heterocycles. The maximum Gasteiger partial charge on any atom is 0.303 e. The third kappa shape index (κ3) is 7.21. The number of aliphatic carboxylic acids is 1. The molecule has 0 amide bonds. The Morgan fingerprint density at radius 1 is 0.944 bits per heavy atom. The molecule has 0 saturated carbocycles. The van der Waals surface area contributed by atoms with Crippen LogP contribution >= 0.6 is 0 Å². The summed E-state index contributed by atoms with van der Waals surface area (Å²) in [6, 6.07) is 12.8. The van der Waals surface area contributed by atoms with Crippen LogP contribution in [0.3, 0.4) is 0 Å². The Morgan fingerprint density at radius 3 is 2.03 bits per heavy atom. The molecule has 1 atom stereocenters. The number of carbonyl (C=O) groups is 1. The monoisotopic (exact) mass is 496 g/mol. The molecule has 0 fully saturated rings. The Labute approximate surface area is 216 Å². The number of carboxylic acids is 1. The van der Waals surface area contributed by atoms with Gasteiger partial charge in [0.15, 0.2) is 0 Å². The van der Waals surface area contributed by atoms with Gasteiger partial charge >= 0.3 is 5.97 Å². The number of aliphatic hydroxyl groups excluding tert-OH is 1. The van der Waals surface area contributed by atoms with Gasteiger partial charge in [-0.2, -0.15) is 0 Å². The van der Waals surface area contributed by atoms with Gasteiger partial charge in [0, 0.05) is 11.8 Å². The molecule has 5 heteroatoms. The van der Waals surface area contributed by atoms with Crippen LogP contribution in [0, 0.1) is 13.8 Å². The highest BCUT2D eigenvalue weighted by atomic mass is 16.5. The van der Waals surface area contributed by atoms with Gasteiger partial charge in [-0.3, -0.25) is 4.79 Å². The Hall–Kier alpha value is -2.63. The molecule has 0 aliphatic heterocycles. The van der Waals surface area contributed by atoms with E-state index in [9.17, 15) is 15.0 Å². The van der Waals surface area contributed by atoms with Crippen LogP contribution in [0.1, 0.15) is 94.0 Å². The molecule has 5 nitrogen and oxygen atoms in total. The van der Waals surface area contributed by atoms with Crippen molar-refractivity contribution in [3.8, 4) is 5.75 Å². The second kappa shape index (κ2) is 13.1. The minimum Gasteiger partial charge on any atom is -0.491 e. The fraction of sp³-hybridized carbons (Fsp3) is 0.516. The van der Waals surface area contributed by atoms with Crippen molar-refractivity contribution < 1.29 is 24.9 Å². The molecule has 0 saturated heterocycles. The lowest BCUT2D eigenvalue weighted by molar-refractivity contribution is -0.137. The van der Waals surface area contributed by atoms with Crippen LogP contribution < -0.4 is 4.74 Å². The van der Waals surface area contributed by atoms with Crippen molar-refractivity contribution in [2.45, 2.75) is 97.2 Å². The molecule has 2 rings (SSSR count). The van der Waals surface area contributed by atoms with E-state index in [4.69, 9.17) is 9.84 Å². The number of hydrogen-bond acceptors (Lipinski definition) is 4. The summed E-state index contributed by atoms with van der Waals surface area (Å²) in [5, 5.41) is 29.4. The smallest absolute Gasteiger partial charge is 0.303 e. The molecular weight excluding hydrogens is 452 g/mol. The molecule has 0 aliphatic rings. The van der Waals surface area contributed by atoms with Gasteiger partial charge in [0.25, 0.3) is 0 Å². The highest BCUT2D eigenvalue weighted by Crippen LogP contribution is 2.41. The molecule has 198 valence electrons. The fourth-order valence-corrected chi connectivity index (χ4v) is 4.79. The molecule has 1 unspecified atom stereocenters. The van der Waals surface area contributed by atoms with Crippen molar-refractivity contribution in [3.63, 3.8) is 0 Å². The standard InChI is InChI=1S/C31H44O5/c1-7-30(35,8-2)18-17-24-11-12-25(19-22(24)5)31(9-3,10-4)26-13-15-28(23(6)20-26)36-21-27(32)14-16-29(33)34/h11-13,15,17-20,27,32,35H,7-10,14,16,21H2,1-6H3,(H,33,34). The van der Waals surface area contributed by atoms with Gasteiger partial charge in [0.2, 0.25) is 0 Å². The first-order valence-corrected chi connectivity index (χ1v) is 13.2. The molecule has 0 bridgehead atoms. The highest BCUT2D eigenvalue weighted by molar-refractivity contribution is 5.66. The number of aliphatic hydroxyl groups is 2. The van der Waals surface area contributed by atoms with E-state index < -0.39 is 17.7 Å². The van der Waals surface area contributed by atoms with Gasteiger partial charge in [0.05, 0.1) is 11.7 Å². The Kier molecular flexibility index (Phi) is 10.7. The highest BCUT2D eigenvalue weighted by Gasteiger charge is 2.31. The van der Waals surface area contributed by atoms with Crippen molar-refractivity contribution >= 4 is 12.0 Å². The Bertz CT molecular complexity index is 1030. The molecule has 2 aromatic rings. The van der Waals surface area contributed by atoms with E-state index in [-0.39, 0.29) is 24.9 Å². The van der Waals surface area contributed by atoms with Crippen LogP contribution in [-0.4, -0.2) is 39.6 Å². The average Bonchev–Trinajstić information content (AvgIpc) is 2.87. The van der Waals surface area contributed by atoms with Crippen molar-refractivity contribution in [1.82, 2.24) is 0 Å². The van der Waals surface area contributed by atoms with E-state index in [1.54, 1.807) is 0 Å². The number of rotatable bonds is 14. The molecule has 0 spiro atoms. The summed E-state index contributed by atoms with van der Waals surface area (Å²) in [4.78, 5) is 10.7. The predicted molar refractivity (Wildman–Crippen MR) is 147 cm³/mol. The normalized spacial score (nSPS) is 13.2. The van der Waals surface area contributed by atoms with E-state index in [1.807, 2.05) is 39.0 Å². The SMILES string of the molecule is CCC(O)(C=Cc1ccc(C(CC)(CC)c2ccc(OCC(O)CCC(=O)O)c(C)c2)cc1C)CC. The Morgan fingerprint density at radius 2 is 1.53 bits per heavy atom. The van der Waals surface area contributed by atoms with Crippen LogP contribution in [0.4, 0.5) is 0 Å². The minimum absolute atomic E-state index is 0.0690. The lowest BCUT2D eigenvalue weighted by Gasteiger charge is -2.34. The summed E-state index contributed by atoms with van der Waals surface area (Å²) < 4.78 is 5.81. The molecule has 3 N–H and O–H groups in total. The van der Waals surface area contributed by atoms with E-state index in [0.717, 1.165) is 24.0 Å². The molecule has 0 aromatic heterocycles. The quantitative estimate of drug-likeness (QED) is 0.275. The van der Waals surface area contributed by atoms with Crippen LogP contribution in [0.25, 0.3) is 6.08 Å².